The van der Waals surface area contributed by atoms with Crippen molar-refractivity contribution in [3.05, 3.63) is 65.2 Å². The number of nitrogens with one attached hydrogen (secondary N) is 3. The molecule has 6 amide bonds. The number of rotatable bonds is 17. The van der Waals surface area contributed by atoms with Crippen LogP contribution in [0.2, 0.25) is 0 Å². The van der Waals surface area contributed by atoms with Crippen LogP contribution in [0.4, 0.5) is 5.69 Å². The van der Waals surface area contributed by atoms with Crippen molar-refractivity contribution >= 4 is 62.7 Å². The molecule has 272 valence electrons. The highest BCUT2D eigenvalue weighted by Crippen LogP contribution is 2.28. The van der Waals surface area contributed by atoms with E-state index in [1.54, 1.807) is 16.2 Å². The van der Waals surface area contributed by atoms with Gasteiger partial charge in [0, 0.05) is 62.4 Å². The highest BCUT2D eigenvalue weighted by Gasteiger charge is 2.29. The summed E-state index contributed by atoms with van der Waals surface area (Å²) in [6.45, 7) is 5.72. The Morgan fingerprint density at radius 1 is 0.902 bits per heavy atom. The van der Waals surface area contributed by atoms with Crippen LogP contribution in [0.25, 0.3) is 10.2 Å². The summed E-state index contributed by atoms with van der Waals surface area (Å²) in [5.74, 6) is -1.28. The van der Waals surface area contributed by atoms with Crippen LogP contribution < -0.4 is 20.9 Å². The summed E-state index contributed by atoms with van der Waals surface area (Å²) in [4.78, 5) is 77.9. The van der Waals surface area contributed by atoms with E-state index in [4.69, 9.17) is 0 Å². The second-order valence-electron chi connectivity index (χ2n) is 13.3. The van der Waals surface area contributed by atoms with Crippen molar-refractivity contribution in [2.45, 2.75) is 84.2 Å². The summed E-state index contributed by atoms with van der Waals surface area (Å²) in [6.07, 6.45) is 8.80. The minimum atomic E-state index is -0.386. The fourth-order valence-electron chi connectivity index (χ4n) is 6.75. The van der Waals surface area contributed by atoms with Crippen LogP contribution in [-0.2, 0) is 30.5 Å². The van der Waals surface area contributed by atoms with Crippen molar-refractivity contribution in [3.8, 4) is 0 Å². The van der Waals surface area contributed by atoms with Gasteiger partial charge < -0.3 is 25.4 Å². The lowest BCUT2D eigenvalue weighted by molar-refractivity contribution is -0.137. The summed E-state index contributed by atoms with van der Waals surface area (Å²) in [5.41, 5.74) is 3.25. The minimum Gasteiger partial charge on any atom is -0.356 e. The van der Waals surface area contributed by atoms with Crippen LogP contribution >= 0.6 is 11.3 Å². The van der Waals surface area contributed by atoms with Gasteiger partial charge in [-0.25, -0.2) is 0 Å². The summed E-state index contributed by atoms with van der Waals surface area (Å²) in [5, 5.41) is 11.0. The molecule has 3 heterocycles. The number of thiophene rings is 1. The largest absolute Gasteiger partial charge is 0.356 e. The Labute approximate surface area is 302 Å². The zero-order valence-corrected chi connectivity index (χ0v) is 30.3. The van der Waals surface area contributed by atoms with Gasteiger partial charge in [0.15, 0.2) is 0 Å². The van der Waals surface area contributed by atoms with Gasteiger partial charge in [-0.05, 0) is 87.6 Å². The molecule has 1 aromatic carbocycles. The van der Waals surface area contributed by atoms with Gasteiger partial charge in [-0.15, -0.1) is 11.3 Å². The number of fused-ring (bicyclic) bond motifs is 1. The number of anilines is 1. The van der Waals surface area contributed by atoms with Crippen LogP contribution in [0.15, 0.2) is 53.9 Å². The van der Waals surface area contributed by atoms with Gasteiger partial charge in [0.05, 0.1) is 10.2 Å². The van der Waals surface area contributed by atoms with E-state index in [-0.39, 0.29) is 66.9 Å². The number of imide groups is 1. The summed E-state index contributed by atoms with van der Waals surface area (Å²) in [7, 11) is 0. The fraction of sp³-hybridized carbons (Fsp3) is 0.474. The number of nitrogens with zero attached hydrogens (tertiary/aromatic N) is 3. The van der Waals surface area contributed by atoms with Crippen molar-refractivity contribution in [2.75, 3.05) is 31.1 Å². The van der Waals surface area contributed by atoms with Crippen molar-refractivity contribution in [3.63, 3.8) is 0 Å². The van der Waals surface area contributed by atoms with Crippen LogP contribution in [0, 0.1) is 12.8 Å². The first kappa shape index (κ1) is 37.5. The Morgan fingerprint density at radius 3 is 2.29 bits per heavy atom. The first-order valence-corrected chi connectivity index (χ1v) is 18.8. The topological polar surface area (TPSA) is 150 Å². The molecule has 0 bridgehead atoms. The predicted octanol–water partition coefficient (Wildman–Crippen LogP) is 4.46. The maximum absolute atomic E-state index is 13.6. The molecular weight excluding hydrogens is 669 g/mol. The molecule has 3 aromatic rings. The van der Waals surface area contributed by atoms with Crippen LogP contribution in [-0.4, -0.2) is 77.1 Å². The number of hydrogen-bond donors (Lipinski definition) is 3. The number of likely N-dealkylation sites (N-methyl/N-ethyl adjacent to an activating group) is 1. The van der Waals surface area contributed by atoms with E-state index in [2.05, 4.69) is 16.0 Å². The number of hydrogen-bond acceptors (Lipinski definition) is 7. The van der Waals surface area contributed by atoms with E-state index >= 15 is 0 Å². The van der Waals surface area contributed by atoms with Crippen LogP contribution in [0.3, 0.4) is 0 Å². The number of aryl methyl sites for hydroxylation is 1. The Bertz CT molecular complexity index is 1750. The number of benzene rings is 1. The normalized spacial score (nSPS) is 17.2. The number of carbonyl (C=O) groups is 6. The maximum atomic E-state index is 13.6. The molecule has 5 rings (SSSR count). The molecule has 0 radical (unpaired) electrons. The van der Waals surface area contributed by atoms with Crippen molar-refractivity contribution in [1.82, 2.24) is 25.4 Å². The molecule has 2 aliphatic rings. The zero-order valence-electron chi connectivity index (χ0n) is 29.4. The molecule has 0 atom stereocenters. The van der Waals surface area contributed by atoms with E-state index in [1.807, 2.05) is 60.2 Å². The molecular formula is C38H48N6O6S. The monoisotopic (exact) mass is 716 g/mol. The lowest BCUT2D eigenvalue weighted by Gasteiger charge is -2.28. The van der Waals surface area contributed by atoms with Gasteiger partial charge in [-0.3, -0.25) is 33.7 Å². The Kier molecular flexibility index (Phi) is 13.2. The van der Waals surface area contributed by atoms with Crippen LogP contribution in [0.5, 0.6) is 0 Å². The van der Waals surface area contributed by atoms with Gasteiger partial charge in [0.1, 0.15) is 12.2 Å². The Balaban J connectivity index is 0.985. The molecule has 2 aromatic heterocycles. The Hall–Kier alpha value is -4.78. The lowest BCUT2D eigenvalue weighted by Crippen LogP contribution is -2.42. The number of amides is 6. The molecule has 13 heteroatoms. The molecule has 12 nitrogen and oxygen atoms in total. The first-order chi connectivity index (χ1) is 24.6. The van der Waals surface area contributed by atoms with E-state index in [0.29, 0.717) is 51.0 Å². The minimum absolute atomic E-state index is 0.0410. The molecule has 0 unspecified atom stereocenters. The highest BCUT2D eigenvalue weighted by molar-refractivity contribution is 7.17. The smallest absolute Gasteiger partial charge is 0.268 e. The van der Waals surface area contributed by atoms with Crippen molar-refractivity contribution in [1.29, 1.82) is 0 Å². The van der Waals surface area contributed by atoms with Gasteiger partial charge in [0.25, 0.3) is 17.7 Å². The van der Waals surface area contributed by atoms with Gasteiger partial charge in [-0.2, -0.15) is 0 Å². The summed E-state index contributed by atoms with van der Waals surface area (Å²) < 4.78 is 2.78. The molecule has 0 spiro atoms. The van der Waals surface area contributed by atoms with E-state index < -0.39 is 0 Å². The number of carbonyl (C=O) groups excluding carboxylic acids is 6. The maximum Gasteiger partial charge on any atom is 0.268 e. The molecule has 51 heavy (non-hydrogen) atoms. The lowest BCUT2D eigenvalue weighted by atomic mass is 9.85. The van der Waals surface area contributed by atoms with Gasteiger partial charge in [-0.1, -0.05) is 25.0 Å². The fourth-order valence-corrected chi connectivity index (χ4v) is 7.58. The zero-order chi connectivity index (χ0) is 36.3. The van der Waals surface area contributed by atoms with Gasteiger partial charge in [0.2, 0.25) is 17.7 Å². The second-order valence-corrected chi connectivity index (χ2v) is 14.2. The molecule has 1 aliphatic carbocycles. The van der Waals surface area contributed by atoms with E-state index in [1.165, 1.54) is 12.2 Å². The number of aromatic nitrogens is 1. The molecule has 1 saturated carbocycles. The summed E-state index contributed by atoms with van der Waals surface area (Å²) >= 11 is 1.54. The van der Waals surface area contributed by atoms with E-state index in [9.17, 15) is 28.8 Å². The molecule has 1 aliphatic heterocycles. The first-order valence-electron chi connectivity index (χ1n) is 18.0. The third-order valence-electron chi connectivity index (χ3n) is 9.60. The Morgan fingerprint density at radius 2 is 1.61 bits per heavy atom. The second kappa shape index (κ2) is 17.9. The SMILES string of the molecule is CCN(C(=O)Cn1c(C(=O)NC2CCC(C(=O)NCCCCCCNC(=O)CCN3C(=O)C=CC3=O)CC2)cc2sccc21)c1cccc(C)c1. The highest BCUT2D eigenvalue weighted by atomic mass is 32.1. The molecule has 0 saturated heterocycles. The number of unbranched alkanes of at least 4 members (excludes halogenated alkanes) is 3. The van der Waals surface area contributed by atoms with Crippen molar-refractivity contribution < 1.29 is 28.8 Å². The molecule has 1 fully saturated rings. The van der Waals surface area contributed by atoms with E-state index in [0.717, 1.165) is 52.1 Å². The van der Waals surface area contributed by atoms with Gasteiger partial charge >= 0.3 is 0 Å². The summed E-state index contributed by atoms with van der Waals surface area (Å²) in [6, 6.07) is 11.6. The third-order valence-corrected chi connectivity index (χ3v) is 10.5. The predicted molar refractivity (Wildman–Crippen MR) is 197 cm³/mol. The average molecular weight is 717 g/mol. The average Bonchev–Trinajstić information content (AvgIpc) is 3.81. The molecule has 3 N–H and O–H groups in total. The third kappa shape index (κ3) is 9.93. The van der Waals surface area contributed by atoms with Crippen LogP contribution in [0.1, 0.15) is 80.8 Å². The van der Waals surface area contributed by atoms with Crippen molar-refractivity contribution in [2.24, 2.45) is 5.92 Å². The quantitative estimate of drug-likeness (QED) is 0.139. The standard InChI is InChI=1S/C38H48N6O6S/c1-3-42(29-10-8-9-26(2)23-29)36(48)25-44-30-18-22-51-32(30)24-31(44)38(50)41-28-13-11-27(12-14-28)37(49)40-20-7-5-4-6-19-39-33(45)17-21-43-34(46)15-16-35(43)47/h8-10,15-16,18,22-24,27-28H,3-7,11-14,17,19-21,25H2,1-2H3,(H,39,45)(H,40,49)(H,41,50).